The maximum absolute atomic E-state index is 4.53. The van der Waals surface area contributed by atoms with Gasteiger partial charge in [-0.2, -0.15) is 5.10 Å². The molecule has 0 unspecified atom stereocenters. The van der Waals surface area contributed by atoms with Crippen molar-refractivity contribution >= 4 is 11.3 Å². The minimum absolute atomic E-state index is 0.940. The van der Waals surface area contributed by atoms with Gasteiger partial charge in [-0.15, -0.1) is 0 Å². The Labute approximate surface area is 136 Å². The second-order valence-electron chi connectivity index (χ2n) is 5.93. The molecule has 3 aromatic heterocycles. The minimum Gasteiger partial charge on any atom is -0.358 e. The summed E-state index contributed by atoms with van der Waals surface area (Å²) in [5.41, 5.74) is 2.06. The molecule has 0 spiro atoms. The molecule has 0 aliphatic heterocycles. The number of fused-ring (bicyclic) bond motifs is 1. The van der Waals surface area contributed by atoms with Gasteiger partial charge in [-0.25, -0.2) is 14.5 Å². The second kappa shape index (κ2) is 6.81. The van der Waals surface area contributed by atoms with Gasteiger partial charge in [-0.05, 0) is 25.8 Å². The molecule has 3 aromatic rings. The smallest absolute Gasteiger partial charge is 0.154 e. The van der Waals surface area contributed by atoms with Crippen LogP contribution >= 0.6 is 0 Å². The molecule has 0 N–H and O–H groups in total. The summed E-state index contributed by atoms with van der Waals surface area (Å²) in [6.45, 7) is 6.18. The molecule has 0 saturated carbocycles. The highest BCUT2D eigenvalue weighted by Gasteiger charge is 2.10. The van der Waals surface area contributed by atoms with Crippen LogP contribution in [0.4, 0.5) is 5.82 Å². The van der Waals surface area contributed by atoms with Gasteiger partial charge in [0.1, 0.15) is 11.3 Å². The molecular formula is C17H24N6. The van der Waals surface area contributed by atoms with Gasteiger partial charge in [0.05, 0.1) is 5.69 Å². The highest BCUT2D eigenvalue weighted by Crippen LogP contribution is 2.18. The van der Waals surface area contributed by atoms with Crippen molar-refractivity contribution in [2.45, 2.75) is 39.7 Å². The lowest BCUT2D eigenvalue weighted by molar-refractivity contribution is 0.621. The number of aryl methyl sites for hydroxylation is 3. The van der Waals surface area contributed by atoms with Crippen LogP contribution in [0.2, 0.25) is 0 Å². The van der Waals surface area contributed by atoms with E-state index in [1.807, 2.05) is 23.8 Å². The summed E-state index contributed by atoms with van der Waals surface area (Å²) in [6.07, 6.45) is 10.8. The Morgan fingerprint density at radius 3 is 2.83 bits per heavy atom. The van der Waals surface area contributed by atoms with Gasteiger partial charge in [0.15, 0.2) is 5.82 Å². The Morgan fingerprint density at radius 2 is 2.00 bits per heavy atom. The first-order chi connectivity index (χ1) is 11.2. The lowest BCUT2D eigenvalue weighted by Crippen LogP contribution is -2.21. The zero-order valence-corrected chi connectivity index (χ0v) is 14.1. The van der Waals surface area contributed by atoms with E-state index in [9.17, 15) is 0 Å². The zero-order valence-electron chi connectivity index (χ0n) is 14.1. The van der Waals surface area contributed by atoms with Crippen molar-refractivity contribution in [2.24, 2.45) is 0 Å². The van der Waals surface area contributed by atoms with Gasteiger partial charge < -0.3 is 9.47 Å². The molecule has 0 amide bonds. The summed E-state index contributed by atoms with van der Waals surface area (Å²) >= 11 is 0. The Hall–Kier alpha value is -2.37. The third-order valence-corrected chi connectivity index (χ3v) is 4.01. The second-order valence-corrected chi connectivity index (χ2v) is 5.93. The van der Waals surface area contributed by atoms with Crippen molar-refractivity contribution in [1.29, 1.82) is 0 Å². The van der Waals surface area contributed by atoms with Crippen LogP contribution in [0.25, 0.3) is 5.52 Å². The van der Waals surface area contributed by atoms with Gasteiger partial charge in [-0.1, -0.05) is 6.92 Å². The van der Waals surface area contributed by atoms with E-state index in [2.05, 4.69) is 50.8 Å². The molecule has 0 saturated heterocycles. The molecule has 3 heterocycles. The van der Waals surface area contributed by atoms with Crippen molar-refractivity contribution in [2.75, 3.05) is 18.5 Å². The molecule has 0 bridgehead atoms. The van der Waals surface area contributed by atoms with E-state index >= 15 is 0 Å². The number of nitrogens with zero attached hydrogens (tertiary/aromatic N) is 6. The van der Waals surface area contributed by atoms with Gasteiger partial charge in [0, 0.05) is 51.3 Å². The van der Waals surface area contributed by atoms with Crippen LogP contribution < -0.4 is 4.90 Å². The Balaban J connectivity index is 1.64. The predicted octanol–water partition coefficient (Wildman–Crippen LogP) is 2.71. The van der Waals surface area contributed by atoms with E-state index in [4.69, 9.17) is 0 Å². The molecule has 6 nitrogen and oxygen atoms in total. The van der Waals surface area contributed by atoms with E-state index in [0.717, 1.165) is 49.4 Å². The average Bonchev–Trinajstić information content (AvgIpc) is 3.12. The fourth-order valence-corrected chi connectivity index (χ4v) is 2.92. The largest absolute Gasteiger partial charge is 0.358 e. The molecule has 122 valence electrons. The van der Waals surface area contributed by atoms with Crippen LogP contribution in [0.1, 0.15) is 31.3 Å². The SMILES string of the molecule is CCCn1ccnc1CCCN(C)c1nccn2nc(C)cc12. The van der Waals surface area contributed by atoms with Crippen molar-refractivity contribution in [3.8, 4) is 0 Å². The summed E-state index contributed by atoms with van der Waals surface area (Å²) in [6, 6.07) is 2.08. The number of hydrogen-bond acceptors (Lipinski definition) is 4. The molecule has 0 fully saturated rings. The standard InChI is InChI=1S/C17H24N6/c1-4-9-22-11-7-18-16(22)6-5-10-21(3)17-15-13-14(2)20-23(15)12-8-19-17/h7-8,11-13H,4-6,9-10H2,1-3H3. The van der Waals surface area contributed by atoms with Crippen molar-refractivity contribution in [1.82, 2.24) is 24.1 Å². The first-order valence-corrected chi connectivity index (χ1v) is 8.21. The van der Waals surface area contributed by atoms with Gasteiger partial charge in [0.25, 0.3) is 0 Å². The number of anilines is 1. The number of imidazole rings is 1. The molecule has 6 heteroatoms. The lowest BCUT2D eigenvalue weighted by Gasteiger charge is -2.18. The Morgan fingerprint density at radius 1 is 1.17 bits per heavy atom. The number of aromatic nitrogens is 5. The summed E-state index contributed by atoms with van der Waals surface area (Å²) in [5.74, 6) is 2.15. The van der Waals surface area contributed by atoms with Crippen LogP contribution in [0.3, 0.4) is 0 Å². The fraction of sp³-hybridized carbons (Fsp3) is 0.471. The third kappa shape index (κ3) is 3.36. The van der Waals surface area contributed by atoms with Crippen LogP contribution in [-0.2, 0) is 13.0 Å². The summed E-state index contributed by atoms with van der Waals surface area (Å²) in [5, 5.41) is 4.45. The van der Waals surface area contributed by atoms with Gasteiger partial charge >= 0.3 is 0 Å². The molecule has 0 atom stereocenters. The monoisotopic (exact) mass is 312 g/mol. The van der Waals surface area contributed by atoms with E-state index < -0.39 is 0 Å². The van der Waals surface area contributed by atoms with Crippen LogP contribution in [0, 0.1) is 6.92 Å². The first kappa shape index (κ1) is 15.5. The molecule has 23 heavy (non-hydrogen) atoms. The summed E-state index contributed by atoms with van der Waals surface area (Å²) in [7, 11) is 2.09. The number of rotatable bonds is 7. The molecule has 0 radical (unpaired) electrons. The van der Waals surface area contributed by atoms with E-state index in [1.54, 1.807) is 6.20 Å². The normalized spacial score (nSPS) is 11.3. The van der Waals surface area contributed by atoms with Crippen LogP contribution in [0.15, 0.2) is 30.9 Å². The molecule has 3 rings (SSSR count). The minimum atomic E-state index is 0.940. The zero-order chi connectivity index (χ0) is 16.2. The Kier molecular flexibility index (Phi) is 4.60. The molecule has 0 aliphatic carbocycles. The fourth-order valence-electron chi connectivity index (χ4n) is 2.92. The van der Waals surface area contributed by atoms with E-state index in [0.29, 0.717) is 0 Å². The van der Waals surface area contributed by atoms with Gasteiger partial charge in [0.2, 0.25) is 0 Å². The van der Waals surface area contributed by atoms with E-state index in [-0.39, 0.29) is 0 Å². The third-order valence-electron chi connectivity index (χ3n) is 4.01. The number of hydrogen-bond donors (Lipinski definition) is 0. The van der Waals surface area contributed by atoms with Gasteiger partial charge in [-0.3, -0.25) is 0 Å². The van der Waals surface area contributed by atoms with Crippen LogP contribution in [0.5, 0.6) is 0 Å². The summed E-state index contributed by atoms with van der Waals surface area (Å²) in [4.78, 5) is 11.2. The van der Waals surface area contributed by atoms with Crippen molar-refractivity contribution in [3.63, 3.8) is 0 Å². The topological polar surface area (TPSA) is 51.2 Å². The first-order valence-electron chi connectivity index (χ1n) is 8.21. The maximum atomic E-state index is 4.53. The molecule has 0 aromatic carbocycles. The highest BCUT2D eigenvalue weighted by atomic mass is 15.3. The predicted molar refractivity (Wildman–Crippen MR) is 91.8 cm³/mol. The van der Waals surface area contributed by atoms with Crippen molar-refractivity contribution < 1.29 is 0 Å². The molecule has 0 aliphatic rings. The quantitative estimate of drug-likeness (QED) is 0.673. The lowest BCUT2D eigenvalue weighted by atomic mass is 10.2. The summed E-state index contributed by atoms with van der Waals surface area (Å²) < 4.78 is 4.14. The van der Waals surface area contributed by atoms with Crippen LogP contribution in [-0.4, -0.2) is 37.7 Å². The van der Waals surface area contributed by atoms with Crippen molar-refractivity contribution in [3.05, 3.63) is 42.4 Å². The maximum Gasteiger partial charge on any atom is 0.154 e. The average molecular weight is 312 g/mol. The van der Waals surface area contributed by atoms with E-state index in [1.165, 1.54) is 5.82 Å². The Bertz CT molecular complexity index is 772. The highest BCUT2D eigenvalue weighted by molar-refractivity contribution is 5.68. The molecular weight excluding hydrogens is 288 g/mol.